The number of hydrogen-bond donors (Lipinski definition) is 2. The summed E-state index contributed by atoms with van der Waals surface area (Å²) in [7, 11) is 1.57. The number of amides is 1. The number of aryl methyl sites for hydroxylation is 1. The lowest BCUT2D eigenvalue weighted by molar-refractivity contribution is -0.116. The van der Waals surface area contributed by atoms with Gasteiger partial charge < -0.3 is 15.0 Å². The van der Waals surface area contributed by atoms with Crippen LogP contribution in [0, 0.1) is 0 Å². The van der Waals surface area contributed by atoms with Crippen molar-refractivity contribution in [3.05, 3.63) is 68.4 Å². The number of H-pyrrole nitrogens is 1. The van der Waals surface area contributed by atoms with Crippen molar-refractivity contribution in [2.45, 2.75) is 12.8 Å². The van der Waals surface area contributed by atoms with Gasteiger partial charge in [0.15, 0.2) is 0 Å². The van der Waals surface area contributed by atoms with E-state index in [0.29, 0.717) is 39.0 Å². The molecule has 1 amide bonds. The minimum atomic E-state index is -0.233. The molecule has 0 saturated carbocycles. The highest BCUT2D eigenvalue weighted by Crippen LogP contribution is 2.25. The SMILES string of the molecule is COc1ccc2cc(CCC(=O)Nc3ccc(Cl)cc3Cl)c(=O)[nH]c2c1. The van der Waals surface area contributed by atoms with Gasteiger partial charge in [-0.05, 0) is 48.2 Å². The highest BCUT2D eigenvalue weighted by atomic mass is 35.5. The number of aromatic amines is 1. The van der Waals surface area contributed by atoms with E-state index >= 15 is 0 Å². The van der Waals surface area contributed by atoms with E-state index in [-0.39, 0.29) is 17.9 Å². The maximum absolute atomic E-state index is 12.2. The molecule has 7 heteroatoms. The summed E-state index contributed by atoms with van der Waals surface area (Å²) in [6.07, 6.45) is 0.470. The first kappa shape index (κ1) is 18.3. The van der Waals surface area contributed by atoms with E-state index in [2.05, 4.69) is 10.3 Å². The molecule has 1 heterocycles. The van der Waals surface area contributed by atoms with Crippen molar-refractivity contribution in [2.24, 2.45) is 0 Å². The molecule has 5 nitrogen and oxygen atoms in total. The molecule has 0 bridgehead atoms. The fourth-order valence-electron chi connectivity index (χ4n) is 2.59. The monoisotopic (exact) mass is 390 g/mol. The minimum Gasteiger partial charge on any atom is -0.497 e. The van der Waals surface area contributed by atoms with Crippen molar-refractivity contribution in [3.8, 4) is 5.75 Å². The van der Waals surface area contributed by atoms with Crippen molar-refractivity contribution in [3.63, 3.8) is 0 Å². The average molecular weight is 391 g/mol. The van der Waals surface area contributed by atoms with Crippen LogP contribution in [0.2, 0.25) is 10.0 Å². The number of anilines is 1. The third-order valence-electron chi connectivity index (χ3n) is 3.96. The fourth-order valence-corrected chi connectivity index (χ4v) is 3.05. The van der Waals surface area contributed by atoms with Crippen LogP contribution in [-0.4, -0.2) is 18.0 Å². The van der Waals surface area contributed by atoms with Gasteiger partial charge in [-0.2, -0.15) is 0 Å². The van der Waals surface area contributed by atoms with Crippen LogP contribution in [0.25, 0.3) is 10.9 Å². The molecule has 26 heavy (non-hydrogen) atoms. The predicted molar refractivity (Wildman–Crippen MR) is 105 cm³/mol. The zero-order valence-electron chi connectivity index (χ0n) is 13.9. The van der Waals surface area contributed by atoms with Gasteiger partial charge in [0.1, 0.15) is 5.75 Å². The number of methoxy groups -OCH3 is 1. The van der Waals surface area contributed by atoms with Crippen LogP contribution in [-0.2, 0) is 11.2 Å². The standard InChI is InChI=1S/C19H16Cl2N2O3/c1-26-14-5-2-11-8-12(19(25)23-17(11)10-14)3-7-18(24)22-16-6-4-13(20)9-15(16)21/h2,4-6,8-10H,3,7H2,1H3,(H,22,24)(H,23,25). The fraction of sp³-hybridized carbons (Fsp3) is 0.158. The Morgan fingerprint density at radius 1 is 1.15 bits per heavy atom. The molecule has 2 aromatic carbocycles. The van der Waals surface area contributed by atoms with E-state index in [4.69, 9.17) is 27.9 Å². The van der Waals surface area contributed by atoms with E-state index < -0.39 is 0 Å². The van der Waals surface area contributed by atoms with E-state index in [0.717, 1.165) is 5.39 Å². The summed E-state index contributed by atoms with van der Waals surface area (Å²) < 4.78 is 5.15. The van der Waals surface area contributed by atoms with Crippen molar-refractivity contribution >= 4 is 45.7 Å². The molecule has 0 fully saturated rings. The van der Waals surface area contributed by atoms with Crippen LogP contribution in [0.1, 0.15) is 12.0 Å². The maximum atomic E-state index is 12.2. The Morgan fingerprint density at radius 3 is 2.69 bits per heavy atom. The van der Waals surface area contributed by atoms with Crippen LogP contribution in [0.15, 0.2) is 47.3 Å². The van der Waals surface area contributed by atoms with Crippen molar-refractivity contribution in [1.82, 2.24) is 4.98 Å². The van der Waals surface area contributed by atoms with Gasteiger partial charge in [0.05, 0.1) is 23.3 Å². The first-order valence-electron chi connectivity index (χ1n) is 7.91. The zero-order chi connectivity index (χ0) is 18.7. The van der Waals surface area contributed by atoms with Crippen molar-refractivity contribution in [2.75, 3.05) is 12.4 Å². The molecule has 3 aromatic rings. The van der Waals surface area contributed by atoms with E-state index in [1.54, 1.807) is 37.4 Å². The van der Waals surface area contributed by atoms with E-state index in [9.17, 15) is 9.59 Å². The third kappa shape index (κ3) is 4.18. The number of aromatic nitrogens is 1. The van der Waals surface area contributed by atoms with Gasteiger partial charge in [0.25, 0.3) is 5.56 Å². The lowest BCUT2D eigenvalue weighted by atomic mass is 10.1. The molecule has 134 valence electrons. The second kappa shape index (κ2) is 7.81. The molecule has 0 spiro atoms. The quantitative estimate of drug-likeness (QED) is 0.677. The molecule has 0 aliphatic rings. The van der Waals surface area contributed by atoms with Gasteiger partial charge in [-0.3, -0.25) is 9.59 Å². The number of benzene rings is 2. The highest BCUT2D eigenvalue weighted by Gasteiger charge is 2.10. The summed E-state index contributed by atoms with van der Waals surface area (Å²) in [6.45, 7) is 0. The summed E-state index contributed by atoms with van der Waals surface area (Å²) in [5.41, 5.74) is 1.50. The maximum Gasteiger partial charge on any atom is 0.251 e. The first-order chi connectivity index (χ1) is 12.5. The second-order valence-electron chi connectivity index (χ2n) is 5.75. The number of carbonyl (C=O) groups is 1. The van der Waals surface area contributed by atoms with Crippen LogP contribution >= 0.6 is 23.2 Å². The number of halogens is 2. The Kier molecular flexibility index (Phi) is 5.49. The molecule has 0 unspecified atom stereocenters. The number of pyridine rings is 1. The number of nitrogens with one attached hydrogen (secondary N) is 2. The molecule has 3 rings (SSSR count). The smallest absolute Gasteiger partial charge is 0.251 e. The van der Waals surface area contributed by atoms with Gasteiger partial charge in [-0.15, -0.1) is 0 Å². The van der Waals surface area contributed by atoms with Gasteiger partial charge in [-0.25, -0.2) is 0 Å². The average Bonchev–Trinajstić information content (AvgIpc) is 2.61. The second-order valence-corrected chi connectivity index (χ2v) is 6.59. The lowest BCUT2D eigenvalue weighted by Crippen LogP contribution is -2.17. The molecule has 2 N–H and O–H groups in total. The van der Waals surface area contributed by atoms with E-state index in [1.807, 2.05) is 12.1 Å². The highest BCUT2D eigenvalue weighted by molar-refractivity contribution is 6.36. The summed E-state index contributed by atoms with van der Waals surface area (Å²) in [6, 6.07) is 12.1. The summed E-state index contributed by atoms with van der Waals surface area (Å²) in [4.78, 5) is 27.2. The van der Waals surface area contributed by atoms with Gasteiger partial charge in [-0.1, -0.05) is 23.2 Å². The predicted octanol–water partition coefficient (Wildman–Crippen LogP) is 4.41. The molecule has 0 saturated heterocycles. The Morgan fingerprint density at radius 2 is 1.96 bits per heavy atom. The molecule has 0 aliphatic heterocycles. The Bertz CT molecular complexity index is 1030. The van der Waals surface area contributed by atoms with Crippen LogP contribution in [0.4, 0.5) is 5.69 Å². The summed E-state index contributed by atoms with van der Waals surface area (Å²) in [5.74, 6) is 0.434. The molecular weight excluding hydrogens is 375 g/mol. The number of ether oxygens (including phenoxy) is 1. The number of carbonyl (C=O) groups excluding carboxylic acids is 1. The van der Waals surface area contributed by atoms with Crippen molar-refractivity contribution in [1.29, 1.82) is 0 Å². The minimum absolute atomic E-state index is 0.156. The van der Waals surface area contributed by atoms with Gasteiger partial charge >= 0.3 is 0 Å². The molecule has 1 aromatic heterocycles. The Hall–Kier alpha value is -2.50. The molecule has 0 aliphatic carbocycles. The molecule has 0 atom stereocenters. The van der Waals surface area contributed by atoms with Crippen molar-refractivity contribution < 1.29 is 9.53 Å². The van der Waals surface area contributed by atoms with Crippen LogP contribution in [0.5, 0.6) is 5.75 Å². The number of rotatable bonds is 5. The first-order valence-corrected chi connectivity index (χ1v) is 8.67. The number of fused-ring (bicyclic) bond motifs is 1. The van der Waals surface area contributed by atoms with E-state index in [1.165, 1.54) is 0 Å². The molecule has 0 radical (unpaired) electrons. The van der Waals surface area contributed by atoms with Gasteiger partial charge in [0.2, 0.25) is 5.91 Å². The topological polar surface area (TPSA) is 71.2 Å². The Balaban J connectivity index is 1.71. The summed E-state index contributed by atoms with van der Waals surface area (Å²) >= 11 is 11.9. The normalized spacial score (nSPS) is 10.7. The zero-order valence-corrected chi connectivity index (χ0v) is 15.4. The third-order valence-corrected chi connectivity index (χ3v) is 4.50. The summed E-state index contributed by atoms with van der Waals surface area (Å²) in [5, 5.41) is 4.45. The van der Waals surface area contributed by atoms with Gasteiger partial charge in [0, 0.05) is 23.1 Å². The number of hydrogen-bond acceptors (Lipinski definition) is 3. The van der Waals surface area contributed by atoms with Crippen LogP contribution < -0.4 is 15.6 Å². The lowest BCUT2D eigenvalue weighted by Gasteiger charge is -2.08. The Labute approximate surface area is 159 Å². The van der Waals surface area contributed by atoms with Crippen LogP contribution in [0.3, 0.4) is 0 Å². The molecular formula is C19H16Cl2N2O3. The largest absolute Gasteiger partial charge is 0.497 e.